The van der Waals surface area contributed by atoms with Crippen LogP contribution in [0.3, 0.4) is 0 Å². The lowest BCUT2D eigenvalue weighted by Crippen LogP contribution is -2.35. The Morgan fingerprint density at radius 1 is 1.33 bits per heavy atom. The summed E-state index contributed by atoms with van der Waals surface area (Å²) >= 11 is 0. The summed E-state index contributed by atoms with van der Waals surface area (Å²) in [6.45, 7) is 7.27. The number of imidazole rings is 1. The van der Waals surface area contributed by atoms with Crippen molar-refractivity contribution in [2.75, 3.05) is 19.6 Å². The minimum atomic E-state index is -0.0495. The Balaban J connectivity index is 1.59. The average Bonchev–Trinajstić information content (AvgIpc) is 3.01. The first-order valence-corrected chi connectivity index (χ1v) is 9.13. The third-order valence-corrected chi connectivity index (χ3v) is 4.83. The highest BCUT2D eigenvalue weighted by Gasteiger charge is 2.18. The van der Waals surface area contributed by atoms with E-state index in [1.165, 1.54) is 24.8 Å². The quantitative estimate of drug-likeness (QED) is 0.855. The van der Waals surface area contributed by atoms with Gasteiger partial charge in [-0.15, -0.1) is 0 Å². The zero-order valence-corrected chi connectivity index (χ0v) is 14.8. The van der Waals surface area contributed by atoms with Crippen molar-refractivity contribution in [2.45, 2.75) is 52.0 Å². The fourth-order valence-electron chi connectivity index (χ4n) is 3.38. The van der Waals surface area contributed by atoms with Crippen molar-refractivity contribution < 1.29 is 4.79 Å². The Morgan fingerprint density at radius 2 is 2.12 bits per heavy atom. The molecule has 0 unspecified atom stereocenters. The predicted octanol–water partition coefficient (Wildman–Crippen LogP) is 3.31. The van der Waals surface area contributed by atoms with Gasteiger partial charge in [-0.2, -0.15) is 0 Å². The molecule has 2 aromatic rings. The lowest BCUT2D eigenvalue weighted by atomic mass is 10.1. The average molecular weight is 328 g/mol. The Morgan fingerprint density at radius 3 is 2.88 bits per heavy atom. The molecular weight excluding hydrogens is 300 g/mol. The summed E-state index contributed by atoms with van der Waals surface area (Å²) in [5, 5.41) is 3.14. The fourth-order valence-corrected chi connectivity index (χ4v) is 3.38. The highest BCUT2D eigenvalue weighted by molar-refractivity contribution is 5.78. The minimum absolute atomic E-state index is 0.0495. The molecule has 24 heavy (non-hydrogen) atoms. The summed E-state index contributed by atoms with van der Waals surface area (Å²) in [5.74, 6) is 0.966. The third kappa shape index (κ3) is 4.15. The lowest BCUT2D eigenvalue weighted by Gasteiger charge is -2.26. The summed E-state index contributed by atoms with van der Waals surface area (Å²) in [7, 11) is 0. The molecule has 1 aromatic heterocycles. The number of nitrogens with zero attached hydrogens (tertiary/aromatic N) is 2. The van der Waals surface area contributed by atoms with Crippen molar-refractivity contribution in [1.82, 2.24) is 20.2 Å². The zero-order valence-electron chi connectivity index (χ0n) is 14.8. The number of aromatic amines is 1. The molecule has 1 saturated heterocycles. The van der Waals surface area contributed by atoms with Crippen LogP contribution < -0.4 is 5.32 Å². The summed E-state index contributed by atoms with van der Waals surface area (Å²) < 4.78 is 0. The number of likely N-dealkylation sites (tertiary alicyclic amines) is 1. The van der Waals surface area contributed by atoms with Crippen LogP contribution in [0.25, 0.3) is 11.0 Å². The molecule has 0 spiro atoms. The van der Waals surface area contributed by atoms with Gasteiger partial charge >= 0.3 is 0 Å². The van der Waals surface area contributed by atoms with Gasteiger partial charge < -0.3 is 15.2 Å². The smallest absolute Gasteiger partial charge is 0.221 e. The minimum Gasteiger partial charge on any atom is -0.346 e. The number of amides is 1. The molecule has 1 amide bonds. The van der Waals surface area contributed by atoms with Gasteiger partial charge in [0.2, 0.25) is 5.91 Å². The molecule has 1 atom stereocenters. The first-order valence-electron chi connectivity index (χ1n) is 9.13. The van der Waals surface area contributed by atoms with Gasteiger partial charge in [-0.25, -0.2) is 4.98 Å². The van der Waals surface area contributed by atoms with Gasteiger partial charge in [0.15, 0.2) is 0 Å². The highest BCUT2D eigenvalue weighted by Crippen LogP contribution is 2.19. The Hall–Kier alpha value is -1.88. The van der Waals surface area contributed by atoms with Crippen molar-refractivity contribution in [2.24, 2.45) is 0 Å². The van der Waals surface area contributed by atoms with E-state index in [9.17, 15) is 4.79 Å². The van der Waals surface area contributed by atoms with Gasteiger partial charge in [-0.1, -0.05) is 19.4 Å². The van der Waals surface area contributed by atoms with Gasteiger partial charge in [-0.3, -0.25) is 4.79 Å². The molecule has 5 nitrogen and oxygen atoms in total. The number of fused-ring (bicyclic) bond motifs is 1. The maximum Gasteiger partial charge on any atom is 0.221 e. The summed E-state index contributed by atoms with van der Waals surface area (Å²) in [4.78, 5) is 22.7. The van der Waals surface area contributed by atoms with Crippen LogP contribution in [0.4, 0.5) is 0 Å². The zero-order chi connectivity index (χ0) is 16.9. The van der Waals surface area contributed by atoms with Crippen molar-refractivity contribution >= 4 is 16.9 Å². The van der Waals surface area contributed by atoms with Gasteiger partial charge in [0, 0.05) is 13.0 Å². The molecule has 1 aliphatic rings. The molecule has 130 valence electrons. The molecular formula is C19H28N4O. The third-order valence-electron chi connectivity index (χ3n) is 4.83. The number of rotatable bonds is 6. The van der Waals surface area contributed by atoms with E-state index < -0.39 is 0 Å². The first-order chi connectivity index (χ1) is 11.7. The monoisotopic (exact) mass is 328 g/mol. The first kappa shape index (κ1) is 17.0. The number of H-pyrrole nitrogens is 1. The maximum atomic E-state index is 12.3. The van der Waals surface area contributed by atoms with E-state index in [2.05, 4.69) is 46.2 Å². The van der Waals surface area contributed by atoms with Gasteiger partial charge in [0.25, 0.3) is 0 Å². The van der Waals surface area contributed by atoms with Crippen LogP contribution in [-0.4, -0.2) is 40.4 Å². The van der Waals surface area contributed by atoms with Crippen LogP contribution in [0.1, 0.15) is 56.5 Å². The molecule has 2 heterocycles. The SMILES string of the molecule is CC[C@H](NC(=O)CCN1CCCCC1)c1nc2ccc(C)cc2[nH]1. The van der Waals surface area contributed by atoms with Crippen LogP contribution in [0.2, 0.25) is 0 Å². The number of carbonyl (C=O) groups is 1. The Bertz CT molecular complexity index is 688. The molecule has 1 aromatic carbocycles. The summed E-state index contributed by atoms with van der Waals surface area (Å²) in [6, 6.07) is 6.13. The van der Waals surface area contributed by atoms with Crippen molar-refractivity contribution in [3.05, 3.63) is 29.6 Å². The highest BCUT2D eigenvalue weighted by atomic mass is 16.1. The van der Waals surface area contributed by atoms with E-state index in [-0.39, 0.29) is 11.9 Å². The van der Waals surface area contributed by atoms with Gasteiger partial charge in [0.1, 0.15) is 5.82 Å². The number of carbonyl (C=O) groups excluding carboxylic acids is 1. The van der Waals surface area contributed by atoms with Crippen LogP contribution in [-0.2, 0) is 4.79 Å². The largest absolute Gasteiger partial charge is 0.346 e. The lowest BCUT2D eigenvalue weighted by molar-refractivity contribution is -0.122. The molecule has 0 saturated carbocycles. The molecule has 5 heteroatoms. The molecule has 1 aliphatic heterocycles. The molecule has 0 bridgehead atoms. The van der Waals surface area contributed by atoms with E-state index in [0.717, 1.165) is 42.9 Å². The van der Waals surface area contributed by atoms with Crippen LogP contribution in [0.5, 0.6) is 0 Å². The topological polar surface area (TPSA) is 61.0 Å². The second kappa shape index (κ2) is 7.79. The van der Waals surface area contributed by atoms with Crippen LogP contribution in [0.15, 0.2) is 18.2 Å². The second-order valence-electron chi connectivity index (χ2n) is 6.82. The van der Waals surface area contributed by atoms with E-state index in [4.69, 9.17) is 0 Å². The molecule has 0 radical (unpaired) electrons. The van der Waals surface area contributed by atoms with Crippen molar-refractivity contribution in [3.8, 4) is 0 Å². The molecule has 3 rings (SSSR count). The number of aryl methyl sites for hydroxylation is 1. The molecule has 1 fully saturated rings. The summed E-state index contributed by atoms with van der Waals surface area (Å²) in [6.07, 6.45) is 5.24. The van der Waals surface area contributed by atoms with Crippen LogP contribution in [0, 0.1) is 6.92 Å². The van der Waals surface area contributed by atoms with Gasteiger partial charge in [0.05, 0.1) is 17.1 Å². The van der Waals surface area contributed by atoms with Crippen molar-refractivity contribution in [1.29, 1.82) is 0 Å². The van der Waals surface area contributed by atoms with E-state index >= 15 is 0 Å². The number of nitrogens with one attached hydrogen (secondary N) is 2. The molecule has 2 N–H and O–H groups in total. The fraction of sp³-hybridized carbons (Fsp3) is 0.579. The predicted molar refractivity (Wildman–Crippen MR) is 96.9 cm³/mol. The summed E-state index contributed by atoms with van der Waals surface area (Å²) in [5.41, 5.74) is 3.19. The van der Waals surface area contributed by atoms with E-state index in [1.807, 2.05) is 6.07 Å². The Kier molecular flexibility index (Phi) is 5.51. The van der Waals surface area contributed by atoms with Gasteiger partial charge in [-0.05, 0) is 57.0 Å². The van der Waals surface area contributed by atoms with E-state index in [1.54, 1.807) is 0 Å². The number of hydrogen-bond donors (Lipinski definition) is 2. The Labute approximate surface area is 143 Å². The van der Waals surface area contributed by atoms with Crippen molar-refractivity contribution in [3.63, 3.8) is 0 Å². The number of aromatic nitrogens is 2. The van der Waals surface area contributed by atoms with Crippen LogP contribution >= 0.6 is 0 Å². The maximum absolute atomic E-state index is 12.3. The normalized spacial score (nSPS) is 17.1. The number of hydrogen-bond acceptors (Lipinski definition) is 3. The standard InChI is InChI=1S/C19H28N4O/c1-3-15(19-21-16-8-7-14(2)13-17(16)22-19)20-18(24)9-12-23-10-5-4-6-11-23/h7-8,13,15H,3-6,9-12H2,1-2H3,(H,20,24)(H,21,22)/t15-/m0/s1. The second-order valence-corrected chi connectivity index (χ2v) is 6.82. The number of piperidine rings is 1. The number of benzene rings is 1. The van der Waals surface area contributed by atoms with E-state index in [0.29, 0.717) is 6.42 Å². The molecule has 0 aliphatic carbocycles.